The standard InChI is InChI=1S/C27H21ClN2O/c1-17-6-8-19(9-7-17)27-30-25(23-15-22(28)12-13-26(23)31-27)16-24(29-30)21-11-10-18-4-2-3-5-20(18)14-21/h2-15,25,27H,16H2,1H3/t25-,27-/m1/s1. The Hall–Kier alpha value is -3.30. The molecule has 152 valence electrons. The van der Waals surface area contributed by atoms with Crippen molar-refractivity contribution in [1.82, 2.24) is 5.01 Å². The molecule has 3 nitrogen and oxygen atoms in total. The summed E-state index contributed by atoms with van der Waals surface area (Å²) in [5.74, 6) is 0.881. The van der Waals surface area contributed by atoms with E-state index in [2.05, 4.69) is 78.7 Å². The van der Waals surface area contributed by atoms with Crippen molar-refractivity contribution >= 4 is 28.1 Å². The van der Waals surface area contributed by atoms with E-state index >= 15 is 0 Å². The van der Waals surface area contributed by atoms with Crippen molar-refractivity contribution in [1.29, 1.82) is 0 Å². The number of fused-ring (bicyclic) bond motifs is 4. The molecule has 0 fully saturated rings. The zero-order chi connectivity index (χ0) is 20.9. The first-order chi connectivity index (χ1) is 15.2. The molecule has 0 radical (unpaired) electrons. The number of nitrogens with zero attached hydrogens (tertiary/aromatic N) is 2. The van der Waals surface area contributed by atoms with E-state index in [1.54, 1.807) is 0 Å². The quantitative estimate of drug-likeness (QED) is 0.344. The van der Waals surface area contributed by atoms with Crippen molar-refractivity contribution in [2.45, 2.75) is 25.6 Å². The molecular weight excluding hydrogens is 404 g/mol. The Morgan fingerprint density at radius 3 is 2.55 bits per heavy atom. The average Bonchev–Trinajstić information content (AvgIpc) is 3.25. The van der Waals surface area contributed by atoms with Gasteiger partial charge < -0.3 is 4.74 Å². The van der Waals surface area contributed by atoms with Crippen molar-refractivity contribution < 1.29 is 4.74 Å². The fourth-order valence-corrected chi connectivity index (χ4v) is 4.73. The third-order valence-corrected chi connectivity index (χ3v) is 6.43. The fourth-order valence-electron chi connectivity index (χ4n) is 4.55. The Kier molecular flexibility index (Phi) is 4.25. The maximum absolute atomic E-state index is 6.44. The second-order valence-electron chi connectivity index (χ2n) is 8.27. The fraction of sp³-hybridized carbons (Fsp3) is 0.148. The van der Waals surface area contributed by atoms with Crippen LogP contribution in [0.1, 0.15) is 40.9 Å². The van der Waals surface area contributed by atoms with E-state index in [4.69, 9.17) is 21.4 Å². The van der Waals surface area contributed by atoms with Gasteiger partial charge in [0.25, 0.3) is 0 Å². The number of hydrogen-bond donors (Lipinski definition) is 0. The summed E-state index contributed by atoms with van der Waals surface area (Å²) in [6.45, 7) is 2.09. The lowest BCUT2D eigenvalue weighted by atomic mass is 9.95. The lowest BCUT2D eigenvalue weighted by molar-refractivity contribution is -0.0190. The van der Waals surface area contributed by atoms with Crippen LogP contribution in [-0.2, 0) is 0 Å². The molecule has 0 spiro atoms. The van der Waals surface area contributed by atoms with Crippen LogP contribution in [-0.4, -0.2) is 10.7 Å². The maximum Gasteiger partial charge on any atom is 0.213 e. The van der Waals surface area contributed by atoms with Crippen LogP contribution in [0.4, 0.5) is 0 Å². The Morgan fingerprint density at radius 1 is 0.903 bits per heavy atom. The van der Waals surface area contributed by atoms with Crippen LogP contribution in [0.25, 0.3) is 10.8 Å². The molecule has 4 heteroatoms. The molecule has 31 heavy (non-hydrogen) atoms. The van der Waals surface area contributed by atoms with Crippen molar-refractivity contribution in [2.24, 2.45) is 5.10 Å². The first-order valence-corrected chi connectivity index (χ1v) is 10.9. The van der Waals surface area contributed by atoms with E-state index in [1.807, 2.05) is 18.2 Å². The van der Waals surface area contributed by atoms with E-state index < -0.39 is 0 Å². The van der Waals surface area contributed by atoms with E-state index in [1.165, 1.54) is 16.3 Å². The number of rotatable bonds is 2. The summed E-state index contributed by atoms with van der Waals surface area (Å²) >= 11 is 6.35. The molecule has 0 aliphatic carbocycles. The van der Waals surface area contributed by atoms with Crippen molar-refractivity contribution in [3.8, 4) is 5.75 Å². The van der Waals surface area contributed by atoms with Gasteiger partial charge in [0.05, 0.1) is 11.8 Å². The minimum absolute atomic E-state index is 0.0928. The molecule has 0 saturated heterocycles. The Balaban J connectivity index is 1.45. The van der Waals surface area contributed by atoms with Crippen LogP contribution in [0.2, 0.25) is 5.02 Å². The highest BCUT2D eigenvalue weighted by Crippen LogP contribution is 2.48. The van der Waals surface area contributed by atoms with Crippen molar-refractivity contribution in [3.63, 3.8) is 0 Å². The molecule has 2 atom stereocenters. The minimum Gasteiger partial charge on any atom is -0.464 e. The molecule has 0 aromatic heterocycles. The Labute approximate surface area is 186 Å². The van der Waals surface area contributed by atoms with Crippen LogP contribution < -0.4 is 4.74 Å². The smallest absolute Gasteiger partial charge is 0.213 e. The van der Waals surface area contributed by atoms with Crippen LogP contribution in [0, 0.1) is 6.92 Å². The normalized spacial score (nSPS) is 19.5. The highest BCUT2D eigenvalue weighted by atomic mass is 35.5. The topological polar surface area (TPSA) is 24.8 Å². The number of hydrazone groups is 1. The predicted octanol–water partition coefficient (Wildman–Crippen LogP) is 7.04. The average molecular weight is 425 g/mol. The summed E-state index contributed by atoms with van der Waals surface area (Å²) in [6, 6.07) is 29.5. The summed E-state index contributed by atoms with van der Waals surface area (Å²) < 4.78 is 6.44. The largest absolute Gasteiger partial charge is 0.464 e. The van der Waals surface area contributed by atoms with Crippen molar-refractivity contribution in [2.75, 3.05) is 0 Å². The summed E-state index contributed by atoms with van der Waals surface area (Å²) in [6.07, 6.45) is 0.550. The highest BCUT2D eigenvalue weighted by Gasteiger charge is 2.41. The van der Waals surface area contributed by atoms with Gasteiger partial charge in [0.1, 0.15) is 5.75 Å². The summed E-state index contributed by atoms with van der Waals surface area (Å²) in [4.78, 5) is 0. The second kappa shape index (κ2) is 7.14. The van der Waals surface area contributed by atoms with Gasteiger partial charge in [-0.05, 0) is 47.5 Å². The van der Waals surface area contributed by atoms with Gasteiger partial charge in [0, 0.05) is 22.6 Å². The highest BCUT2D eigenvalue weighted by molar-refractivity contribution is 6.30. The van der Waals surface area contributed by atoms with Crippen molar-refractivity contribution in [3.05, 3.63) is 112 Å². The van der Waals surface area contributed by atoms with Crippen LogP contribution in [0.3, 0.4) is 0 Å². The minimum atomic E-state index is -0.266. The number of hydrogen-bond acceptors (Lipinski definition) is 3. The van der Waals surface area contributed by atoms with Gasteiger partial charge in [0.2, 0.25) is 6.23 Å². The molecule has 4 aromatic carbocycles. The number of benzene rings is 4. The maximum atomic E-state index is 6.44. The van der Waals surface area contributed by atoms with Gasteiger partial charge in [-0.3, -0.25) is 0 Å². The van der Waals surface area contributed by atoms with Gasteiger partial charge in [-0.1, -0.05) is 77.8 Å². The van der Waals surface area contributed by atoms with Gasteiger partial charge in [0.15, 0.2) is 0 Å². The second-order valence-corrected chi connectivity index (χ2v) is 8.71. The molecule has 2 heterocycles. The third-order valence-electron chi connectivity index (χ3n) is 6.20. The molecule has 2 aliphatic rings. The molecular formula is C27H21ClN2O. The zero-order valence-corrected chi connectivity index (χ0v) is 17.9. The first-order valence-electron chi connectivity index (χ1n) is 10.5. The lowest BCUT2D eigenvalue weighted by Crippen LogP contribution is -2.33. The molecule has 0 saturated carbocycles. The lowest BCUT2D eigenvalue weighted by Gasteiger charge is -2.38. The summed E-state index contributed by atoms with van der Waals surface area (Å²) in [5, 5.41) is 10.4. The molecule has 4 aromatic rings. The molecule has 2 aliphatic heterocycles. The Morgan fingerprint density at radius 2 is 1.71 bits per heavy atom. The van der Waals surface area contributed by atoms with E-state index in [9.17, 15) is 0 Å². The number of halogens is 1. The first kappa shape index (κ1) is 18.5. The molecule has 0 N–H and O–H groups in total. The van der Waals surface area contributed by atoms with Gasteiger partial charge in [-0.25, -0.2) is 5.01 Å². The van der Waals surface area contributed by atoms with Gasteiger partial charge >= 0.3 is 0 Å². The van der Waals surface area contributed by atoms with Crippen LogP contribution in [0.15, 0.2) is 90.0 Å². The van der Waals surface area contributed by atoms with E-state index in [0.717, 1.165) is 39.6 Å². The molecule has 0 amide bonds. The third kappa shape index (κ3) is 3.17. The zero-order valence-electron chi connectivity index (χ0n) is 17.1. The van der Waals surface area contributed by atoms with Gasteiger partial charge in [-0.2, -0.15) is 5.10 Å². The van der Waals surface area contributed by atoms with Crippen LogP contribution >= 0.6 is 11.6 Å². The molecule has 6 rings (SSSR count). The molecule has 0 unspecified atom stereocenters. The summed E-state index contributed by atoms with van der Waals surface area (Å²) in [7, 11) is 0. The van der Waals surface area contributed by atoms with Crippen LogP contribution in [0.5, 0.6) is 5.75 Å². The summed E-state index contributed by atoms with van der Waals surface area (Å²) in [5.41, 5.74) is 5.64. The Bertz CT molecular complexity index is 1330. The van der Waals surface area contributed by atoms with E-state index in [-0.39, 0.29) is 12.3 Å². The number of ether oxygens (including phenoxy) is 1. The van der Waals surface area contributed by atoms with E-state index in [0.29, 0.717) is 0 Å². The van der Waals surface area contributed by atoms with Gasteiger partial charge in [-0.15, -0.1) is 0 Å². The monoisotopic (exact) mass is 424 g/mol. The number of aryl methyl sites for hydroxylation is 1. The molecule has 0 bridgehead atoms. The predicted molar refractivity (Wildman–Crippen MR) is 126 cm³/mol. The SMILES string of the molecule is Cc1ccc([C@H]2Oc3ccc(Cl)cc3[C@H]3CC(c4ccc5ccccc5c4)=NN32)cc1.